The molecule has 1 aromatic carbocycles. The fourth-order valence-electron chi connectivity index (χ4n) is 2.02. The monoisotopic (exact) mass is 381 g/mol. The van der Waals surface area contributed by atoms with Gasteiger partial charge in [0.25, 0.3) is 0 Å². The van der Waals surface area contributed by atoms with Crippen molar-refractivity contribution in [2.24, 2.45) is 5.92 Å². The third-order valence-electron chi connectivity index (χ3n) is 3.51. The first-order valence-electron chi connectivity index (χ1n) is 6.80. The molecular weight excluding hydrogens is 369 g/mol. The molecule has 1 saturated carbocycles. The van der Waals surface area contributed by atoms with E-state index in [9.17, 15) is 4.79 Å². The Morgan fingerprint density at radius 1 is 1.45 bits per heavy atom. The van der Waals surface area contributed by atoms with Crippen LogP contribution in [-0.4, -0.2) is 40.1 Å². The predicted molar refractivity (Wildman–Crippen MR) is 89.5 cm³/mol. The molecule has 3 rings (SSSR count). The minimum Gasteiger partial charge on any atom is -0.491 e. The number of hydrogen-bond donors (Lipinski definition) is 0. The molecule has 22 heavy (non-hydrogen) atoms. The first-order chi connectivity index (χ1) is 10.5. The predicted octanol–water partition coefficient (Wildman–Crippen LogP) is 4.42. The molecular formula is C14H14Cl3NO3S. The van der Waals surface area contributed by atoms with Crippen LogP contribution in [0.3, 0.4) is 0 Å². The number of hydrogen-bond acceptors (Lipinski definition) is 4. The van der Waals surface area contributed by atoms with Gasteiger partial charge in [0.2, 0.25) is 0 Å². The van der Waals surface area contributed by atoms with Crippen LogP contribution in [-0.2, 0) is 0 Å². The molecule has 2 fully saturated rings. The molecule has 0 spiro atoms. The van der Waals surface area contributed by atoms with Gasteiger partial charge in [0.05, 0.1) is 17.5 Å². The molecule has 8 heteroatoms. The van der Waals surface area contributed by atoms with Crippen LogP contribution in [0.1, 0.15) is 6.42 Å². The van der Waals surface area contributed by atoms with Crippen LogP contribution in [0.5, 0.6) is 11.5 Å². The molecule has 1 heterocycles. The lowest BCUT2D eigenvalue weighted by atomic mass is 10.3. The van der Waals surface area contributed by atoms with E-state index in [1.807, 2.05) is 0 Å². The highest BCUT2D eigenvalue weighted by molar-refractivity contribution is 7.99. The first kappa shape index (κ1) is 16.4. The quantitative estimate of drug-likeness (QED) is 0.723. The van der Waals surface area contributed by atoms with E-state index in [1.54, 1.807) is 34.9 Å². The van der Waals surface area contributed by atoms with E-state index in [-0.39, 0.29) is 12.0 Å². The molecule has 1 amide bonds. The largest absolute Gasteiger partial charge is 0.491 e. The van der Waals surface area contributed by atoms with Gasteiger partial charge in [-0.2, -0.15) is 0 Å². The van der Waals surface area contributed by atoms with Crippen molar-refractivity contribution in [3.8, 4) is 11.5 Å². The number of alkyl halides is 2. The highest BCUT2D eigenvalue weighted by atomic mass is 35.5. The molecule has 1 aliphatic heterocycles. The summed E-state index contributed by atoms with van der Waals surface area (Å²) in [6, 6.07) is 4.89. The normalized spacial score (nSPS) is 22.5. The Bertz CT molecular complexity index is 578. The van der Waals surface area contributed by atoms with Crippen LogP contribution in [0.2, 0.25) is 5.02 Å². The number of carbonyl (C=O) groups is 1. The molecule has 0 radical (unpaired) electrons. The van der Waals surface area contributed by atoms with Crippen molar-refractivity contribution in [1.82, 2.24) is 4.90 Å². The molecule has 1 aromatic rings. The fraction of sp³-hybridized carbons (Fsp3) is 0.500. The van der Waals surface area contributed by atoms with Crippen LogP contribution in [0.4, 0.5) is 4.79 Å². The minimum atomic E-state index is -0.691. The second kappa shape index (κ2) is 6.56. The van der Waals surface area contributed by atoms with Gasteiger partial charge in [-0.3, -0.25) is 4.90 Å². The van der Waals surface area contributed by atoms with Crippen molar-refractivity contribution in [2.75, 3.05) is 24.8 Å². The fourth-order valence-corrected chi connectivity index (χ4v) is 3.63. The smallest absolute Gasteiger partial charge is 0.415 e. The Labute approximate surface area is 148 Å². The molecule has 1 unspecified atom stereocenters. The third-order valence-corrected chi connectivity index (χ3v) is 5.72. The Morgan fingerprint density at radius 3 is 2.86 bits per heavy atom. The molecule has 1 atom stereocenters. The van der Waals surface area contributed by atoms with E-state index in [0.29, 0.717) is 42.0 Å². The van der Waals surface area contributed by atoms with E-state index in [1.165, 1.54) is 0 Å². The molecule has 1 saturated heterocycles. The maximum atomic E-state index is 12.0. The molecule has 0 aromatic heterocycles. The van der Waals surface area contributed by atoms with Crippen molar-refractivity contribution in [1.29, 1.82) is 0 Å². The van der Waals surface area contributed by atoms with Crippen molar-refractivity contribution in [3.63, 3.8) is 0 Å². The van der Waals surface area contributed by atoms with Gasteiger partial charge < -0.3 is 9.47 Å². The Balaban J connectivity index is 1.60. The van der Waals surface area contributed by atoms with Gasteiger partial charge in [-0.05, 0) is 18.6 Å². The number of rotatable bonds is 4. The SMILES string of the molecule is O=C(Oc1ccc(Cl)c(OCC2CC2(Cl)Cl)c1)N1CCSC1. The summed E-state index contributed by atoms with van der Waals surface area (Å²) in [5, 5.41) is 0.451. The standard InChI is InChI=1S/C14H14Cl3NO3S/c15-11-2-1-10(21-13(19)18-3-4-22-8-18)5-12(11)20-7-9-6-14(9,16)17/h1-2,5,9H,3-4,6-8H2. The number of nitrogens with zero attached hydrogens (tertiary/aromatic N) is 1. The lowest BCUT2D eigenvalue weighted by Gasteiger charge is -2.15. The summed E-state index contributed by atoms with van der Waals surface area (Å²) in [6.45, 7) is 1.09. The highest BCUT2D eigenvalue weighted by Crippen LogP contribution is 2.53. The molecule has 120 valence electrons. The summed E-state index contributed by atoms with van der Waals surface area (Å²) in [6.07, 6.45) is 0.343. The molecule has 1 aliphatic carbocycles. The minimum absolute atomic E-state index is 0.0970. The summed E-state index contributed by atoms with van der Waals surface area (Å²) in [4.78, 5) is 13.6. The van der Waals surface area contributed by atoms with E-state index >= 15 is 0 Å². The van der Waals surface area contributed by atoms with E-state index in [2.05, 4.69) is 0 Å². The zero-order valence-electron chi connectivity index (χ0n) is 11.6. The average molecular weight is 383 g/mol. The number of thioether (sulfide) groups is 1. The van der Waals surface area contributed by atoms with E-state index in [0.717, 1.165) is 5.75 Å². The first-order valence-corrected chi connectivity index (χ1v) is 9.09. The zero-order valence-corrected chi connectivity index (χ0v) is 14.6. The van der Waals surface area contributed by atoms with Gasteiger partial charge in [-0.25, -0.2) is 4.79 Å². The van der Waals surface area contributed by atoms with Crippen molar-refractivity contribution >= 4 is 52.7 Å². The Morgan fingerprint density at radius 2 is 2.23 bits per heavy atom. The van der Waals surface area contributed by atoms with Gasteiger partial charge in [0.1, 0.15) is 15.8 Å². The number of halogens is 3. The van der Waals surface area contributed by atoms with Crippen LogP contribution in [0.25, 0.3) is 0 Å². The molecule has 2 aliphatic rings. The van der Waals surface area contributed by atoms with Gasteiger partial charge >= 0.3 is 6.09 Å². The van der Waals surface area contributed by atoms with Gasteiger partial charge in [-0.1, -0.05) is 11.6 Å². The topological polar surface area (TPSA) is 38.8 Å². The number of benzene rings is 1. The Kier molecular flexibility index (Phi) is 4.88. The number of ether oxygens (including phenoxy) is 2. The van der Waals surface area contributed by atoms with Crippen LogP contribution >= 0.6 is 46.6 Å². The summed E-state index contributed by atoms with van der Waals surface area (Å²) in [7, 11) is 0. The summed E-state index contributed by atoms with van der Waals surface area (Å²) < 4.78 is 10.3. The average Bonchev–Trinajstić information content (AvgIpc) is 2.91. The summed E-state index contributed by atoms with van der Waals surface area (Å²) in [5.41, 5.74) is 0. The molecule has 0 N–H and O–H groups in total. The molecule has 0 bridgehead atoms. The van der Waals surface area contributed by atoms with Gasteiger partial charge in [-0.15, -0.1) is 35.0 Å². The number of amides is 1. The van der Waals surface area contributed by atoms with Crippen molar-refractivity contribution < 1.29 is 14.3 Å². The summed E-state index contributed by atoms with van der Waals surface area (Å²) >= 11 is 19.7. The maximum absolute atomic E-state index is 12.0. The lowest BCUT2D eigenvalue weighted by molar-refractivity contribution is 0.165. The maximum Gasteiger partial charge on any atom is 0.415 e. The highest BCUT2D eigenvalue weighted by Gasteiger charge is 2.52. The number of carbonyl (C=O) groups excluding carboxylic acids is 1. The third kappa shape index (κ3) is 3.88. The summed E-state index contributed by atoms with van der Waals surface area (Å²) in [5.74, 6) is 2.55. The molecule has 4 nitrogen and oxygen atoms in total. The van der Waals surface area contributed by atoms with E-state index < -0.39 is 4.33 Å². The van der Waals surface area contributed by atoms with Crippen molar-refractivity contribution in [3.05, 3.63) is 23.2 Å². The zero-order chi connectivity index (χ0) is 15.7. The van der Waals surface area contributed by atoms with E-state index in [4.69, 9.17) is 44.3 Å². The van der Waals surface area contributed by atoms with Crippen LogP contribution < -0.4 is 9.47 Å². The Hall–Kier alpha value is -0.490. The van der Waals surface area contributed by atoms with Crippen LogP contribution in [0, 0.1) is 5.92 Å². The van der Waals surface area contributed by atoms with Gasteiger partial charge in [0, 0.05) is 24.3 Å². The second-order valence-electron chi connectivity index (χ2n) is 5.23. The lowest BCUT2D eigenvalue weighted by Crippen LogP contribution is -2.30. The second-order valence-corrected chi connectivity index (χ2v) is 8.26. The van der Waals surface area contributed by atoms with Crippen LogP contribution in [0.15, 0.2) is 18.2 Å². The van der Waals surface area contributed by atoms with Gasteiger partial charge in [0.15, 0.2) is 0 Å². The van der Waals surface area contributed by atoms with Crippen molar-refractivity contribution in [2.45, 2.75) is 10.8 Å².